The van der Waals surface area contributed by atoms with Gasteiger partial charge in [0.15, 0.2) is 0 Å². The highest BCUT2D eigenvalue weighted by Gasteiger charge is 2.57. The molecular weight excluding hydrogens is 350 g/mol. The van der Waals surface area contributed by atoms with Crippen LogP contribution in [0.5, 0.6) is 0 Å². The molecule has 2 aliphatic rings. The Bertz CT molecular complexity index is 667. The summed E-state index contributed by atoms with van der Waals surface area (Å²) >= 11 is 0. The van der Waals surface area contributed by atoms with E-state index in [4.69, 9.17) is 9.47 Å². The van der Waals surface area contributed by atoms with E-state index in [0.717, 1.165) is 6.42 Å². The first-order valence-corrected chi connectivity index (χ1v) is 9.55. The normalized spacial score (nSPS) is 35.1. The minimum Gasteiger partial charge on any atom is -0.392 e. The summed E-state index contributed by atoms with van der Waals surface area (Å²) in [4.78, 5) is 49.9. The van der Waals surface area contributed by atoms with Crippen molar-refractivity contribution in [2.45, 2.75) is 79.3 Å². The van der Waals surface area contributed by atoms with Crippen molar-refractivity contribution in [2.24, 2.45) is 22.7 Å². The van der Waals surface area contributed by atoms with Crippen LogP contribution in [0.25, 0.3) is 0 Å². The Morgan fingerprint density at radius 3 is 2.15 bits per heavy atom. The molecule has 7 heteroatoms. The lowest BCUT2D eigenvalue weighted by molar-refractivity contribution is -0.173. The van der Waals surface area contributed by atoms with Gasteiger partial charge in [0, 0.05) is 0 Å². The third-order valence-electron chi connectivity index (χ3n) is 6.41. The predicted octanol–water partition coefficient (Wildman–Crippen LogP) is 2.36. The number of nitrogens with one attached hydrogen (secondary N) is 1. The van der Waals surface area contributed by atoms with Crippen LogP contribution in [-0.2, 0) is 28.7 Å². The van der Waals surface area contributed by atoms with E-state index in [0.29, 0.717) is 6.42 Å². The fraction of sp³-hybridized carbons (Fsp3) is 0.800. The fourth-order valence-electron chi connectivity index (χ4n) is 4.83. The zero-order chi connectivity index (χ0) is 20.8. The molecule has 0 aromatic carbocycles. The van der Waals surface area contributed by atoms with E-state index in [2.05, 4.69) is 5.32 Å². The van der Waals surface area contributed by atoms with E-state index >= 15 is 0 Å². The van der Waals surface area contributed by atoms with Crippen molar-refractivity contribution in [2.75, 3.05) is 0 Å². The van der Waals surface area contributed by atoms with Gasteiger partial charge in [-0.05, 0) is 30.1 Å². The average molecular weight is 381 g/mol. The van der Waals surface area contributed by atoms with Crippen molar-refractivity contribution in [3.63, 3.8) is 0 Å². The van der Waals surface area contributed by atoms with Gasteiger partial charge in [-0.2, -0.15) is 0 Å². The molecule has 2 fully saturated rings. The highest BCUT2D eigenvalue weighted by molar-refractivity contribution is 6.01. The van der Waals surface area contributed by atoms with Crippen molar-refractivity contribution in [3.05, 3.63) is 0 Å². The Hall–Kier alpha value is -1.76. The number of carbonyl (C=O) groups excluding carboxylic acids is 4. The summed E-state index contributed by atoms with van der Waals surface area (Å²) in [6, 6.07) is -0.929. The van der Waals surface area contributed by atoms with E-state index in [1.165, 1.54) is 6.92 Å². The third-order valence-corrected chi connectivity index (χ3v) is 6.41. The van der Waals surface area contributed by atoms with Crippen molar-refractivity contribution >= 4 is 23.9 Å². The van der Waals surface area contributed by atoms with Crippen molar-refractivity contribution in [3.8, 4) is 0 Å². The molecule has 0 aromatic rings. The molecule has 2 rings (SSSR count). The molecule has 2 saturated heterocycles. The summed E-state index contributed by atoms with van der Waals surface area (Å²) in [5.41, 5.74) is -2.28. The minimum absolute atomic E-state index is 0.142. The number of rotatable bonds is 2. The Morgan fingerprint density at radius 1 is 1.07 bits per heavy atom. The molecule has 4 unspecified atom stereocenters. The number of hydrogen-bond donors (Lipinski definition) is 1. The maximum absolute atomic E-state index is 12.9. The largest absolute Gasteiger partial charge is 0.392 e. The van der Waals surface area contributed by atoms with Crippen LogP contribution in [0, 0.1) is 22.7 Å². The Morgan fingerprint density at radius 2 is 1.67 bits per heavy atom. The van der Waals surface area contributed by atoms with Crippen LogP contribution in [0.3, 0.4) is 0 Å². The maximum Gasteiger partial charge on any atom is 0.334 e. The van der Waals surface area contributed by atoms with E-state index in [-0.39, 0.29) is 12.3 Å². The molecule has 27 heavy (non-hydrogen) atoms. The highest BCUT2D eigenvalue weighted by Crippen LogP contribution is 2.49. The minimum atomic E-state index is -1.30. The molecule has 1 spiro atoms. The van der Waals surface area contributed by atoms with Gasteiger partial charge in [0.05, 0.1) is 12.3 Å². The van der Waals surface area contributed by atoms with Crippen molar-refractivity contribution < 1.29 is 28.7 Å². The topological polar surface area (TPSA) is 98.8 Å². The van der Waals surface area contributed by atoms with Gasteiger partial charge >= 0.3 is 23.9 Å². The van der Waals surface area contributed by atoms with Gasteiger partial charge in [-0.15, -0.1) is 0 Å². The molecular formula is C20H31NO6. The van der Waals surface area contributed by atoms with Crippen molar-refractivity contribution in [1.82, 2.24) is 5.32 Å². The average Bonchev–Trinajstić information content (AvgIpc) is 2.79. The second kappa shape index (κ2) is 7.00. The fourth-order valence-corrected chi connectivity index (χ4v) is 4.83. The number of ether oxygens (including phenoxy) is 2. The maximum atomic E-state index is 12.9. The molecule has 0 saturated carbocycles. The second-order valence-electron chi connectivity index (χ2n) is 9.38. The molecule has 1 N–H and O–H groups in total. The molecule has 0 radical (unpaired) electrons. The van der Waals surface area contributed by atoms with Crippen LogP contribution in [0.2, 0.25) is 0 Å². The van der Waals surface area contributed by atoms with E-state index in [1.807, 2.05) is 41.5 Å². The molecule has 0 bridgehead atoms. The molecule has 152 valence electrons. The molecule has 7 nitrogen and oxygen atoms in total. The van der Waals surface area contributed by atoms with Crippen LogP contribution in [0.4, 0.5) is 0 Å². The Kier molecular flexibility index (Phi) is 5.59. The third kappa shape index (κ3) is 3.79. The van der Waals surface area contributed by atoms with Crippen LogP contribution in [0.1, 0.15) is 67.7 Å². The first-order valence-electron chi connectivity index (χ1n) is 9.55. The van der Waals surface area contributed by atoms with Crippen LogP contribution < -0.4 is 5.32 Å². The van der Waals surface area contributed by atoms with E-state index < -0.39 is 52.2 Å². The van der Waals surface area contributed by atoms with Crippen LogP contribution in [0.15, 0.2) is 0 Å². The van der Waals surface area contributed by atoms with Gasteiger partial charge in [-0.25, -0.2) is 9.59 Å². The zero-order valence-electron chi connectivity index (χ0n) is 17.3. The van der Waals surface area contributed by atoms with E-state index in [9.17, 15) is 19.2 Å². The lowest BCUT2D eigenvalue weighted by Gasteiger charge is -2.46. The molecule has 0 aromatic heterocycles. The first kappa shape index (κ1) is 21.5. The standard InChI is InChI=1S/C20H31NO6/c1-8-18(4,5)14-16(24)27-15(23)12(3)21-20(10-13(22)26-17(20)25)11(2)9-19(14,6)7/h11-12,14,21H,8-10H2,1-7H3. The Balaban J connectivity index is 2.55. The van der Waals surface area contributed by atoms with Gasteiger partial charge in [0.1, 0.15) is 11.6 Å². The zero-order valence-corrected chi connectivity index (χ0v) is 17.3. The smallest absolute Gasteiger partial charge is 0.334 e. The quantitative estimate of drug-likeness (QED) is 0.579. The number of esters is 4. The van der Waals surface area contributed by atoms with Gasteiger partial charge < -0.3 is 9.47 Å². The molecule has 0 amide bonds. The van der Waals surface area contributed by atoms with Crippen LogP contribution >= 0.6 is 0 Å². The lowest BCUT2D eigenvalue weighted by atomic mass is 9.59. The second-order valence-corrected chi connectivity index (χ2v) is 9.38. The van der Waals surface area contributed by atoms with Crippen molar-refractivity contribution in [1.29, 1.82) is 0 Å². The molecule has 4 atom stereocenters. The summed E-state index contributed by atoms with van der Waals surface area (Å²) in [5.74, 6) is -3.46. The predicted molar refractivity (Wildman–Crippen MR) is 97.3 cm³/mol. The molecule has 2 heterocycles. The SMILES string of the molecule is CCC(C)(C)C1C(=O)OC(=O)C(C)NC2(CC(=O)OC2=O)C(C)CC1(C)C. The summed E-state index contributed by atoms with van der Waals surface area (Å²) in [6.45, 7) is 13.2. The number of carbonyl (C=O) groups is 4. The van der Waals surface area contributed by atoms with Gasteiger partial charge in [-0.1, -0.05) is 48.0 Å². The molecule has 0 aliphatic carbocycles. The summed E-state index contributed by atoms with van der Waals surface area (Å²) in [6.07, 6.45) is 1.06. The summed E-state index contributed by atoms with van der Waals surface area (Å²) in [5, 5.41) is 2.95. The number of cyclic esters (lactones) is 4. The van der Waals surface area contributed by atoms with Gasteiger partial charge in [-0.3, -0.25) is 14.9 Å². The first-order chi connectivity index (χ1) is 12.3. The van der Waals surface area contributed by atoms with E-state index in [1.54, 1.807) is 0 Å². The van der Waals surface area contributed by atoms with Gasteiger partial charge in [0.2, 0.25) is 0 Å². The molecule has 2 aliphatic heterocycles. The van der Waals surface area contributed by atoms with Crippen LogP contribution in [-0.4, -0.2) is 35.5 Å². The highest BCUT2D eigenvalue weighted by atomic mass is 16.6. The summed E-state index contributed by atoms with van der Waals surface area (Å²) in [7, 11) is 0. The summed E-state index contributed by atoms with van der Waals surface area (Å²) < 4.78 is 10.0. The number of hydrogen-bond acceptors (Lipinski definition) is 7. The lowest BCUT2D eigenvalue weighted by Crippen LogP contribution is -2.61. The Labute approximate surface area is 160 Å². The monoisotopic (exact) mass is 381 g/mol. The van der Waals surface area contributed by atoms with Gasteiger partial charge in [0.25, 0.3) is 0 Å².